The molecule has 0 spiro atoms. The number of carbonyl (C=O) groups excluding carboxylic acids is 2. The number of esters is 1. The summed E-state index contributed by atoms with van der Waals surface area (Å²) < 4.78 is 5.05. The van der Waals surface area contributed by atoms with Crippen molar-refractivity contribution in [2.75, 3.05) is 19.0 Å². The fraction of sp³-hybridized carbons (Fsp3) is 0.125. The highest BCUT2D eigenvalue weighted by molar-refractivity contribution is 6.34. The minimum atomic E-state index is -0.555. The lowest BCUT2D eigenvalue weighted by atomic mass is 10.1. The first-order valence-corrected chi connectivity index (χ1v) is 6.73. The molecule has 5 heteroatoms. The summed E-state index contributed by atoms with van der Waals surface area (Å²) in [5.41, 5.74) is 1.37. The molecule has 21 heavy (non-hydrogen) atoms. The van der Waals surface area contributed by atoms with E-state index in [0.717, 1.165) is 0 Å². The molecular weight excluding hydrogens is 290 g/mol. The van der Waals surface area contributed by atoms with Gasteiger partial charge >= 0.3 is 5.97 Å². The number of rotatable bonds is 5. The van der Waals surface area contributed by atoms with Crippen LogP contribution in [0.25, 0.3) is 0 Å². The minimum absolute atomic E-state index is 0.337. The van der Waals surface area contributed by atoms with Gasteiger partial charge in [-0.1, -0.05) is 35.9 Å². The second kappa shape index (κ2) is 6.90. The van der Waals surface area contributed by atoms with Crippen molar-refractivity contribution in [2.24, 2.45) is 0 Å². The molecule has 0 aliphatic carbocycles. The zero-order valence-electron chi connectivity index (χ0n) is 11.4. The molecule has 0 saturated heterocycles. The van der Waals surface area contributed by atoms with E-state index in [4.69, 9.17) is 16.3 Å². The lowest BCUT2D eigenvalue weighted by Crippen LogP contribution is -2.15. The van der Waals surface area contributed by atoms with Gasteiger partial charge in [0.25, 0.3) is 0 Å². The van der Waals surface area contributed by atoms with E-state index >= 15 is 0 Å². The molecule has 0 aliphatic heterocycles. The maximum Gasteiger partial charge on any atom is 0.340 e. The van der Waals surface area contributed by atoms with Crippen LogP contribution in [-0.2, 0) is 4.74 Å². The van der Waals surface area contributed by atoms with E-state index in [9.17, 15) is 9.59 Å². The average molecular weight is 304 g/mol. The third-order valence-electron chi connectivity index (χ3n) is 2.92. The molecule has 2 aromatic rings. The number of anilines is 1. The van der Waals surface area contributed by atoms with E-state index in [0.29, 0.717) is 21.8 Å². The molecule has 0 bridgehead atoms. The highest BCUT2D eigenvalue weighted by Crippen LogP contribution is 2.17. The summed E-state index contributed by atoms with van der Waals surface area (Å²) in [7, 11) is 1.71. The SMILES string of the molecule is CNc1ccccc1C(=O)OCC(=O)c1ccccc1Cl. The first-order chi connectivity index (χ1) is 10.1. The Labute approximate surface area is 127 Å². The van der Waals surface area contributed by atoms with E-state index in [1.807, 2.05) is 0 Å². The van der Waals surface area contributed by atoms with Crippen LogP contribution in [0.5, 0.6) is 0 Å². The van der Waals surface area contributed by atoms with Crippen molar-refractivity contribution in [3.63, 3.8) is 0 Å². The van der Waals surface area contributed by atoms with Gasteiger partial charge < -0.3 is 10.1 Å². The molecule has 0 unspecified atom stereocenters. The lowest BCUT2D eigenvalue weighted by molar-refractivity contribution is 0.0475. The number of Topliss-reactive ketones (excluding diaryl/α,β-unsaturated/α-hetero) is 1. The molecule has 108 valence electrons. The van der Waals surface area contributed by atoms with Crippen LogP contribution in [0.4, 0.5) is 5.69 Å². The fourth-order valence-electron chi connectivity index (χ4n) is 1.85. The molecule has 0 saturated carbocycles. The Hall–Kier alpha value is -2.33. The van der Waals surface area contributed by atoms with Crippen LogP contribution in [-0.4, -0.2) is 25.4 Å². The molecule has 2 aromatic carbocycles. The molecule has 2 rings (SSSR count). The van der Waals surface area contributed by atoms with Gasteiger partial charge in [0.05, 0.1) is 10.6 Å². The first kappa shape index (κ1) is 15.1. The number of ether oxygens (including phenoxy) is 1. The maximum absolute atomic E-state index is 12.0. The highest BCUT2D eigenvalue weighted by Gasteiger charge is 2.15. The van der Waals surface area contributed by atoms with Crippen molar-refractivity contribution in [1.82, 2.24) is 0 Å². The monoisotopic (exact) mass is 303 g/mol. The highest BCUT2D eigenvalue weighted by atomic mass is 35.5. The van der Waals surface area contributed by atoms with Gasteiger partial charge in [-0.25, -0.2) is 4.79 Å². The molecule has 4 nitrogen and oxygen atoms in total. The van der Waals surface area contributed by atoms with Crippen molar-refractivity contribution in [3.8, 4) is 0 Å². The number of carbonyl (C=O) groups is 2. The Morgan fingerprint density at radius 1 is 1.05 bits per heavy atom. The number of ketones is 1. The van der Waals surface area contributed by atoms with E-state index in [1.54, 1.807) is 55.6 Å². The molecule has 1 N–H and O–H groups in total. The predicted molar refractivity (Wildman–Crippen MR) is 82.1 cm³/mol. The number of hydrogen-bond donors (Lipinski definition) is 1. The van der Waals surface area contributed by atoms with E-state index in [2.05, 4.69) is 5.32 Å². The molecule has 0 heterocycles. The maximum atomic E-state index is 12.0. The average Bonchev–Trinajstić information content (AvgIpc) is 2.52. The summed E-state index contributed by atoms with van der Waals surface area (Å²) in [6, 6.07) is 13.6. The van der Waals surface area contributed by atoms with Crippen LogP contribution in [0.1, 0.15) is 20.7 Å². The molecule has 0 atom stereocenters. The summed E-state index contributed by atoms with van der Waals surface area (Å²) in [5, 5.41) is 3.24. The topological polar surface area (TPSA) is 55.4 Å². The van der Waals surface area contributed by atoms with Gasteiger partial charge in [-0.3, -0.25) is 4.79 Å². The van der Waals surface area contributed by atoms with Crippen LogP contribution in [0.3, 0.4) is 0 Å². The summed E-state index contributed by atoms with van der Waals surface area (Å²) in [5.74, 6) is -0.892. The van der Waals surface area contributed by atoms with Crippen molar-refractivity contribution in [2.45, 2.75) is 0 Å². The summed E-state index contributed by atoms with van der Waals surface area (Å²) in [4.78, 5) is 24.0. The predicted octanol–water partition coefficient (Wildman–Crippen LogP) is 3.42. The lowest BCUT2D eigenvalue weighted by Gasteiger charge is -2.09. The van der Waals surface area contributed by atoms with Gasteiger partial charge in [0.15, 0.2) is 6.61 Å². The van der Waals surface area contributed by atoms with E-state index < -0.39 is 5.97 Å². The quantitative estimate of drug-likeness (QED) is 0.679. The molecular formula is C16H14ClNO3. The summed E-state index contributed by atoms with van der Waals surface area (Å²) >= 11 is 5.93. The van der Waals surface area contributed by atoms with Gasteiger partial charge in [0.1, 0.15) is 0 Å². The van der Waals surface area contributed by atoms with Gasteiger partial charge in [0.2, 0.25) is 5.78 Å². The third-order valence-corrected chi connectivity index (χ3v) is 3.25. The van der Waals surface area contributed by atoms with Gasteiger partial charge in [0, 0.05) is 18.3 Å². The Morgan fingerprint density at radius 3 is 2.33 bits per heavy atom. The van der Waals surface area contributed by atoms with E-state index in [1.165, 1.54) is 0 Å². The number of halogens is 1. The Bertz CT molecular complexity index is 670. The Kier molecular flexibility index (Phi) is 4.95. The van der Waals surface area contributed by atoms with Crippen molar-refractivity contribution >= 4 is 29.0 Å². The second-order valence-corrected chi connectivity index (χ2v) is 4.68. The number of hydrogen-bond acceptors (Lipinski definition) is 4. The number of benzene rings is 2. The molecule has 0 radical (unpaired) electrons. The van der Waals surface area contributed by atoms with Crippen molar-refractivity contribution in [3.05, 3.63) is 64.7 Å². The van der Waals surface area contributed by atoms with Gasteiger partial charge in [-0.2, -0.15) is 0 Å². The third kappa shape index (κ3) is 3.61. The van der Waals surface area contributed by atoms with Crippen molar-refractivity contribution < 1.29 is 14.3 Å². The summed E-state index contributed by atoms with van der Waals surface area (Å²) in [6.07, 6.45) is 0. The Balaban J connectivity index is 2.05. The molecule has 0 aliphatic rings. The summed E-state index contributed by atoms with van der Waals surface area (Å²) in [6.45, 7) is -0.347. The zero-order valence-corrected chi connectivity index (χ0v) is 12.2. The minimum Gasteiger partial charge on any atom is -0.454 e. The fourth-order valence-corrected chi connectivity index (χ4v) is 2.09. The molecule has 0 aromatic heterocycles. The largest absolute Gasteiger partial charge is 0.454 e. The van der Waals surface area contributed by atoms with Crippen LogP contribution in [0, 0.1) is 0 Å². The molecule has 0 amide bonds. The van der Waals surface area contributed by atoms with Crippen LogP contribution in [0.15, 0.2) is 48.5 Å². The second-order valence-electron chi connectivity index (χ2n) is 4.27. The van der Waals surface area contributed by atoms with Crippen LogP contribution >= 0.6 is 11.6 Å². The number of para-hydroxylation sites is 1. The number of nitrogens with one attached hydrogen (secondary N) is 1. The van der Waals surface area contributed by atoms with E-state index in [-0.39, 0.29) is 12.4 Å². The molecule has 0 fully saturated rings. The normalized spacial score (nSPS) is 10.0. The zero-order chi connectivity index (χ0) is 15.2. The van der Waals surface area contributed by atoms with Crippen LogP contribution < -0.4 is 5.32 Å². The first-order valence-electron chi connectivity index (χ1n) is 6.35. The van der Waals surface area contributed by atoms with Gasteiger partial charge in [-0.15, -0.1) is 0 Å². The smallest absolute Gasteiger partial charge is 0.340 e. The Morgan fingerprint density at radius 2 is 1.67 bits per heavy atom. The van der Waals surface area contributed by atoms with Crippen LogP contribution in [0.2, 0.25) is 5.02 Å². The standard InChI is InChI=1S/C16H14ClNO3/c1-18-14-9-5-3-7-12(14)16(20)21-10-15(19)11-6-2-4-8-13(11)17/h2-9,18H,10H2,1H3. The van der Waals surface area contributed by atoms with Crippen molar-refractivity contribution in [1.29, 1.82) is 0 Å². The van der Waals surface area contributed by atoms with Gasteiger partial charge in [-0.05, 0) is 24.3 Å².